The standard InChI is InChI=1S/C13H8ClN3O4S/c14-11-5-8(13(18)19)1-4-12(11)22(20,21)17-10-3-2-9(6-15)16-7-10/h1-5,7,17H,(H,18,19). The Kier molecular flexibility index (Phi) is 4.30. The van der Waals surface area contributed by atoms with Gasteiger partial charge in [-0.1, -0.05) is 11.6 Å². The van der Waals surface area contributed by atoms with Crippen molar-refractivity contribution in [3.8, 4) is 6.07 Å². The van der Waals surface area contributed by atoms with Gasteiger partial charge in [-0.3, -0.25) is 4.72 Å². The molecule has 9 heteroatoms. The number of rotatable bonds is 4. The van der Waals surface area contributed by atoms with E-state index >= 15 is 0 Å². The average Bonchev–Trinajstić information content (AvgIpc) is 2.47. The van der Waals surface area contributed by atoms with Crippen molar-refractivity contribution < 1.29 is 18.3 Å². The van der Waals surface area contributed by atoms with Crippen LogP contribution in [0.25, 0.3) is 0 Å². The van der Waals surface area contributed by atoms with E-state index in [0.717, 1.165) is 18.2 Å². The number of halogens is 1. The lowest BCUT2D eigenvalue weighted by Gasteiger charge is -2.09. The highest BCUT2D eigenvalue weighted by atomic mass is 35.5. The minimum Gasteiger partial charge on any atom is -0.478 e. The largest absolute Gasteiger partial charge is 0.478 e. The van der Waals surface area contributed by atoms with Crippen molar-refractivity contribution in [2.24, 2.45) is 0 Å². The summed E-state index contributed by atoms with van der Waals surface area (Å²) in [5.74, 6) is -1.21. The van der Waals surface area contributed by atoms with Crippen molar-refractivity contribution in [1.82, 2.24) is 4.98 Å². The van der Waals surface area contributed by atoms with Crippen molar-refractivity contribution in [2.45, 2.75) is 4.90 Å². The van der Waals surface area contributed by atoms with Gasteiger partial charge >= 0.3 is 5.97 Å². The van der Waals surface area contributed by atoms with Gasteiger partial charge in [-0.25, -0.2) is 18.2 Å². The summed E-state index contributed by atoms with van der Waals surface area (Å²) in [6.07, 6.45) is 1.19. The first-order chi connectivity index (χ1) is 10.3. The SMILES string of the molecule is N#Cc1ccc(NS(=O)(=O)c2ccc(C(=O)O)cc2Cl)cn1. The number of carboxylic acids is 1. The molecule has 0 atom stereocenters. The quantitative estimate of drug-likeness (QED) is 0.881. The molecule has 2 aromatic rings. The van der Waals surface area contributed by atoms with E-state index in [-0.39, 0.29) is 26.9 Å². The van der Waals surface area contributed by atoms with E-state index in [1.807, 2.05) is 6.07 Å². The Morgan fingerprint density at radius 3 is 2.55 bits per heavy atom. The van der Waals surface area contributed by atoms with Crippen molar-refractivity contribution in [3.63, 3.8) is 0 Å². The van der Waals surface area contributed by atoms with Gasteiger partial charge in [0.15, 0.2) is 0 Å². The Morgan fingerprint density at radius 2 is 2.05 bits per heavy atom. The van der Waals surface area contributed by atoms with Gasteiger partial charge in [0.25, 0.3) is 10.0 Å². The first-order valence-electron chi connectivity index (χ1n) is 5.75. The minimum absolute atomic E-state index is 0.121. The van der Waals surface area contributed by atoms with Gasteiger partial charge in [0.2, 0.25) is 0 Å². The second kappa shape index (κ2) is 6.01. The Labute approximate surface area is 130 Å². The van der Waals surface area contributed by atoms with Crippen molar-refractivity contribution in [3.05, 3.63) is 52.8 Å². The number of hydrogen-bond donors (Lipinski definition) is 2. The van der Waals surface area contributed by atoms with Crippen LogP contribution < -0.4 is 4.72 Å². The number of sulfonamides is 1. The van der Waals surface area contributed by atoms with E-state index in [0.29, 0.717) is 0 Å². The first-order valence-corrected chi connectivity index (χ1v) is 7.61. The molecule has 0 aliphatic rings. The molecule has 1 aromatic heterocycles. The fraction of sp³-hybridized carbons (Fsp3) is 0. The lowest BCUT2D eigenvalue weighted by Crippen LogP contribution is -2.14. The third-order valence-corrected chi connectivity index (χ3v) is 4.46. The van der Waals surface area contributed by atoms with Crippen LogP contribution in [0.4, 0.5) is 5.69 Å². The second-order valence-corrected chi connectivity index (χ2v) is 6.16. The number of anilines is 1. The van der Waals surface area contributed by atoms with Gasteiger partial charge in [0.05, 0.1) is 22.5 Å². The second-order valence-electron chi connectivity index (χ2n) is 4.10. The molecule has 112 valence electrons. The monoisotopic (exact) mass is 337 g/mol. The van der Waals surface area contributed by atoms with E-state index in [1.54, 1.807) is 0 Å². The molecule has 0 spiro atoms. The fourth-order valence-electron chi connectivity index (χ4n) is 1.58. The van der Waals surface area contributed by atoms with Crippen LogP contribution in [0.5, 0.6) is 0 Å². The number of nitriles is 1. The number of benzene rings is 1. The summed E-state index contributed by atoms with van der Waals surface area (Å²) in [6, 6.07) is 7.83. The van der Waals surface area contributed by atoms with Crippen molar-refractivity contribution >= 4 is 33.3 Å². The number of nitrogens with zero attached hydrogens (tertiary/aromatic N) is 2. The normalized spacial score (nSPS) is 10.7. The zero-order chi connectivity index (χ0) is 16.3. The number of pyridine rings is 1. The van der Waals surface area contributed by atoms with E-state index in [4.69, 9.17) is 22.0 Å². The molecule has 0 saturated heterocycles. The molecular weight excluding hydrogens is 330 g/mol. The molecule has 0 aliphatic carbocycles. The lowest BCUT2D eigenvalue weighted by molar-refractivity contribution is 0.0696. The zero-order valence-electron chi connectivity index (χ0n) is 10.8. The number of aromatic carboxylic acids is 1. The molecule has 0 radical (unpaired) electrons. The number of carbonyl (C=O) groups is 1. The number of hydrogen-bond acceptors (Lipinski definition) is 5. The summed E-state index contributed by atoms with van der Waals surface area (Å²) >= 11 is 5.83. The van der Waals surface area contributed by atoms with Crippen LogP contribution in [0.15, 0.2) is 41.4 Å². The predicted octanol–water partition coefficient (Wildman–Crippen LogP) is 2.11. The van der Waals surface area contributed by atoms with Gasteiger partial charge in [-0.2, -0.15) is 5.26 Å². The van der Waals surface area contributed by atoms with Crippen LogP contribution in [0.2, 0.25) is 5.02 Å². The predicted molar refractivity (Wildman–Crippen MR) is 78.2 cm³/mol. The third kappa shape index (κ3) is 3.33. The maximum atomic E-state index is 12.2. The molecule has 0 unspecified atom stereocenters. The lowest BCUT2D eigenvalue weighted by atomic mass is 10.2. The molecule has 2 rings (SSSR count). The van der Waals surface area contributed by atoms with Crippen LogP contribution in [0.1, 0.15) is 16.1 Å². The highest BCUT2D eigenvalue weighted by molar-refractivity contribution is 7.92. The summed E-state index contributed by atoms with van der Waals surface area (Å²) in [7, 11) is -4.00. The molecule has 22 heavy (non-hydrogen) atoms. The third-order valence-electron chi connectivity index (χ3n) is 2.60. The van der Waals surface area contributed by atoms with Crippen LogP contribution in [-0.4, -0.2) is 24.5 Å². The summed E-state index contributed by atoms with van der Waals surface area (Å²) < 4.78 is 26.7. The number of aromatic nitrogens is 1. The summed E-state index contributed by atoms with van der Waals surface area (Å²) in [5.41, 5.74) is 0.174. The van der Waals surface area contributed by atoms with Crippen molar-refractivity contribution in [2.75, 3.05) is 4.72 Å². The zero-order valence-corrected chi connectivity index (χ0v) is 12.4. The average molecular weight is 338 g/mol. The number of nitrogens with one attached hydrogen (secondary N) is 1. The van der Waals surface area contributed by atoms with Crippen LogP contribution in [-0.2, 0) is 10.0 Å². The van der Waals surface area contributed by atoms with E-state index in [1.165, 1.54) is 18.3 Å². The molecule has 0 bridgehead atoms. The Balaban J connectivity index is 2.34. The van der Waals surface area contributed by atoms with E-state index < -0.39 is 16.0 Å². The van der Waals surface area contributed by atoms with Gasteiger partial charge in [0.1, 0.15) is 16.7 Å². The molecule has 1 aromatic carbocycles. The van der Waals surface area contributed by atoms with Gasteiger partial charge in [-0.05, 0) is 30.3 Å². The minimum atomic E-state index is -4.00. The van der Waals surface area contributed by atoms with E-state index in [9.17, 15) is 13.2 Å². The topological polar surface area (TPSA) is 120 Å². The maximum absolute atomic E-state index is 12.2. The molecule has 1 heterocycles. The van der Waals surface area contributed by atoms with Crippen molar-refractivity contribution in [1.29, 1.82) is 5.26 Å². The van der Waals surface area contributed by atoms with Crippen LogP contribution >= 0.6 is 11.6 Å². The smallest absolute Gasteiger partial charge is 0.335 e. The molecule has 7 nitrogen and oxygen atoms in total. The Hall–Kier alpha value is -2.63. The van der Waals surface area contributed by atoms with Crippen LogP contribution in [0.3, 0.4) is 0 Å². The summed E-state index contributed by atoms with van der Waals surface area (Å²) in [4.78, 5) is 14.3. The molecule has 0 aliphatic heterocycles. The van der Waals surface area contributed by atoms with Gasteiger partial charge in [0, 0.05) is 0 Å². The number of carboxylic acid groups (broad SMARTS) is 1. The Morgan fingerprint density at radius 1 is 1.32 bits per heavy atom. The molecule has 0 fully saturated rings. The van der Waals surface area contributed by atoms with E-state index in [2.05, 4.69) is 9.71 Å². The molecule has 0 saturated carbocycles. The molecule has 0 amide bonds. The maximum Gasteiger partial charge on any atom is 0.335 e. The molecular formula is C13H8ClN3O4S. The van der Waals surface area contributed by atoms with Crippen LogP contribution in [0, 0.1) is 11.3 Å². The summed E-state index contributed by atoms with van der Waals surface area (Å²) in [6.45, 7) is 0. The fourth-order valence-corrected chi connectivity index (χ4v) is 3.17. The van der Waals surface area contributed by atoms with Gasteiger partial charge in [-0.15, -0.1) is 0 Å². The molecule has 2 N–H and O–H groups in total. The first kappa shape index (κ1) is 15.8. The Bertz CT molecular complexity index is 873. The summed E-state index contributed by atoms with van der Waals surface area (Å²) in [5, 5.41) is 17.2. The highest BCUT2D eigenvalue weighted by Gasteiger charge is 2.19. The highest BCUT2D eigenvalue weighted by Crippen LogP contribution is 2.24. The van der Waals surface area contributed by atoms with Gasteiger partial charge < -0.3 is 5.11 Å².